The smallest absolute Gasteiger partial charge is 0.193 e. The minimum absolute atomic E-state index is 0. The summed E-state index contributed by atoms with van der Waals surface area (Å²) in [6, 6.07) is 1.92. The zero-order valence-corrected chi connectivity index (χ0v) is 18.9. The van der Waals surface area contributed by atoms with Crippen molar-refractivity contribution in [1.29, 1.82) is 0 Å². The van der Waals surface area contributed by atoms with Crippen LogP contribution < -0.4 is 5.32 Å². The lowest BCUT2D eigenvalue weighted by Crippen LogP contribution is -2.52. The van der Waals surface area contributed by atoms with E-state index in [4.69, 9.17) is 14.0 Å². The van der Waals surface area contributed by atoms with E-state index in [1.807, 2.05) is 13.1 Å². The summed E-state index contributed by atoms with van der Waals surface area (Å²) in [5, 5.41) is 7.35. The second-order valence-electron chi connectivity index (χ2n) is 6.31. The third kappa shape index (κ3) is 9.72. The van der Waals surface area contributed by atoms with Crippen LogP contribution in [0.1, 0.15) is 25.5 Å². The minimum atomic E-state index is 0. The van der Waals surface area contributed by atoms with E-state index >= 15 is 0 Å². The van der Waals surface area contributed by atoms with Crippen LogP contribution in [0.15, 0.2) is 21.8 Å². The molecule has 27 heavy (non-hydrogen) atoms. The van der Waals surface area contributed by atoms with Gasteiger partial charge in [0.1, 0.15) is 6.26 Å². The number of nitrogens with zero attached hydrogens (tertiary/aromatic N) is 4. The highest BCUT2D eigenvalue weighted by molar-refractivity contribution is 14.0. The first-order valence-corrected chi connectivity index (χ1v) is 9.56. The maximum atomic E-state index is 5.59. The van der Waals surface area contributed by atoms with Crippen LogP contribution in [0.2, 0.25) is 0 Å². The number of guanidine groups is 1. The molecule has 2 rings (SSSR count). The number of hydrogen-bond acceptors (Lipinski definition) is 6. The van der Waals surface area contributed by atoms with Gasteiger partial charge in [0, 0.05) is 59.0 Å². The molecule has 2 heterocycles. The van der Waals surface area contributed by atoms with E-state index in [9.17, 15) is 0 Å². The van der Waals surface area contributed by atoms with Crippen molar-refractivity contribution in [3.05, 3.63) is 18.0 Å². The van der Waals surface area contributed by atoms with Crippen molar-refractivity contribution in [2.24, 2.45) is 4.99 Å². The lowest BCUT2D eigenvalue weighted by Gasteiger charge is -2.36. The van der Waals surface area contributed by atoms with Gasteiger partial charge in [0.15, 0.2) is 5.96 Å². The van der Waals surface area contributed by atoms with Crippen LogP contribution in [0, 0.1) is 0 Å². The van der Waals surface area contributed by atoms with Crippen molar-refractivity contribution in [2.45, 2.75) is 26.3 Å². The Morgan fingerprint density at radius 3 is 2.56 bits per heavy atom. The van der Waals surface area contributed by atoms with E-state index in [0.29, 0.717) is 19.8 Å². The van der Waals surface area contributed by atoms with E-state index in [-0.39, 0.29) is 24.0 Å². The molecule has 1 aliphatic heterocycles. The van der Waals surface area contributed by atoms with Crippen LogP contribution in [-0.2, 0) is 16.0 Å². The normalized spacial score (nSPS) is 15.6. The predicted molar refractivity (Wildman–Crippen MR) is 117 cm³/mol. The monoisotopic (exact) mass is 495 g/mol. The first-order valence-electron chi connectivity index (χ1n) is 9.56. The van der Waals surface area contributed by atoms with Crippen molar-refractivity contribution in [1.82, 2.24) is 20.3 Å². The Labute approximate surface area is 179 Å². The molecule has 0 spiro atoms. The number of aliphatic imine (C=N–C) groups is 1. The molecule has 156 valence electrons. The van der Waals surface area contributed by atoms with E-state index < -0.39 is 0 Å². The van der Waals surface area contributed by atoms with Gasteiger partial charge in [-0.15, -0.1) is 24.0 Å². The highest BCUT2D eigenvalue weighted by atomic mass is 127. The molecule has 1 aromatic rings. The van der Waals surface area contributed by atoms with Gasteiger partial charge in [0.25, 0.3) is 0 Å². The molecule has 0 radical (unpaired) electrons. The molecule has 1 aromatic heterocycles. The van der Waals surface area contributed by atoms with Crippen LogP contribution in [0.3, 0.4) is 0 Å². The number of aromatic nitrogens is 1. The van der Waals surface area contributed by atoms with Gasteiger partial charge in [-0.05, 0) is 6.42 Å². The SMILES string of the molecule is CCCCOCCOCCNC(=NC)N1CCN(Cc2ccon2)CC1.I. The average Bonchev–Trinajstić information content (AvgIpc) is 3.17. The maximum Gasteiger partial charge on any atom is 0.193 e. The summed E-state index contributed by atoms with van der Waals surface area (Å²) in [4.78, 5) is 9.05. The predicted octanol–water partition coefficient (Wildman–Crippen LogP) is 1.82. The van der Waals surface area contributed by atoms with Crippen LogP contribution in [0.5, 0.6) is 0 Å². The van der Waals surface area contributed by atoms with Gasteiger partial charge in [0.2, 0.25) is 0 Å². The van der Waals surface area contributed by atoms with Crippen LogP contribution in [-0.4, -0.2) is 87.1 Å². The van der Waals surface area contributed by atoms with Gasteiger partial charge in [-0.1, -0.05) is 18.5 Å². The Hall–Kier alpha value is -0.910. The van der Waals surface area contributed by atoms with Crippen molar-refractivity contribution in [3.8, 4) is 0 Å². The number of halogens is 1. The Kier molecular flexibility index (Phi) is 13.5. The van der Waals surface area contributed by atoms with Crippen molar-refractivity contribution >= 4 is 29.9 Å². The van der Waals surface area contributed by atoms with Gasteiger partial charge in [-0.3, -0.25) is 9.89 Å². The quantitative estimate of drug-likeness (QED) is 0.217. The average molecular weight is 495 g/mol. The molecule has 0 atom stereocenters. The fraction of sp³-hybridized carbons (Fsp3) is 0.778. The Bertz CT molecular complexity index is 493. The van der Waals surface area contributed by atoms with E-state index in [1.165, 1.54) is 6.42 Å². The third-order valence-electron chi connectivity index (χ3n) is 4.30. The van der Waals surface area contributed by atoms with Crippen molar-refractivity contribution < 1.29 is 14.0 Å². The zero-order valence-electron chi connectivity index (χ0n) is 16.6. The molecule has 0 unspecified atom stereocenters. The summed E-state index contributed by atoms with van der Waals surface area (Å²) >= 11 is 0. The third-order valence-corrected chi connectivity index (χ3v) is 4.30. The lowest BCUT2D eigenvalue weighted by atomic mass is 10.3. The summed E-state index contributed by atoms with van der Waals surface area (Å²) in [6.45, 7) is 10.4. The Balaban J connectivity index is 0.00000364. The van der Waals surface area contributed by atoms with Gasteiger partial charge in [-0.25, -0.2) is 0 Å². The Morgan fingerprint density at radius 1 is 1.19 bits per heavy atom. The van der Waals surface area contributed by atoms with Crippen LogP contribution in [0.25, 0.3) is 0 Å². The number of rotatable bonds is 11. The fourth-order valence-corrected chi connectivity index (χ4v) is 2.80. The van der Waals surface area contributed by atoms with Gasteiger partial charge < -0.3 is 24.2 Å². The number of unbranched alkanes of at least 4 members (excludes halogenated alkanes) is 1. The maximum absolute atomic E-state index is 5.59. The van der Waals surface area contributed by atoms with Gasteiger partial charge in [0.05, 0.1) is 25.5 Å². The van der Waals surface area contributed by atoms with Crippen molar-refractivity contribution in [3.63, 3.8) is 0 Å². The number of piperazine rings is 1. The molecule has 0 aliphatic carbocycles. The molecular formula is C18H34IN5O3. The molecule has 1 N–H and O–H groups in total. The van der Waals surface area contributed by atoms with Crippen LogP contribution in [0.4, 0.5) is 0 Å². The first-order chi connectivity index (χ1) is 12.8. The molecule has 9 heteroatoms. The standard InChI is InChI=1S/C18H33N5O3.HI/c1-3-4-11-24-14-15-25-13-6-20-18(19-2)23-9-7-22(8-10-23)16-17-5-12-26-21-17;/h5,12H,3-4,6-11,13-16H2,1-2H3,(H,19,20);1H. The van der Waals surface area contributed by atoms with E-state index in [2.05, 4.69) is 32.2 Å². The second-order valence-corrected chi connectivity index (χ2v) is 6.31. The molecule has 8 nitrogen and oxygen atoms in total. The zero-order chi connectivity index (χ0) is 18.5. The van der Waals surface area contributed by atoms with Gasteiger partial charge >= 0.3 is 0 Å². The molecule has 0 saturated carbocycles. The molecule has 0 amide bonds. The van der Waals surface area contributed by atoms with E-state index in [1.54, 1.807) is 6.26 Å². The summed E-state index contributed by atoms with van der Waals surface area (Å²) in [5.74, 6) is 0.939. The lowest BCUT2D eigenvalue weighted by molar-refractivity contribution is 0.0485. The summed E-state index contributed by atoms with van der Waals surface area (Å²) in [6.07, 6.45) is 3.90. The molecule has 0 bridgehead atoms. The highest BCUT2D eigenvalue weighted by Crippen LogP contribution is 2.07. The Morgan fingerprint density at radius 2 is 1.93 bits per heavy atom. The highest BCUT2D eigenvalue weighted by Gasteiger charge is 2.20. The topological polar surface area (TPSA) is 75.4 Å². The summed E-state index contributed by atoms with van der Waals surface area (Å²) in [5.41, 5.74) is 0.983. The number of hydrogen-bond donors (Lipinski definition) is 1. The number of nitrogens with one attached hydrogen (secondary N) is 1. The summed E-state index contributed by atoms with van der Waals surface area (Å²) in [7, 11) is 1.83. The largest absolute Gasteiger partial charge is 0.379 e. The van der Waals surface area contributed by atoms with E-state index in [0.717, 1.165) is 63.9 Å². The minimum Gasteiger partial charge on any atom is -0.379 e. The molecular weight excluding hydrogens is 461 g/mol. The number of ether oxygens (including phenoxy) is 2. The summed E-state index contributed by atoms with van der Waals surface area (Å²) < 4.78 is 16.0. The molecule has 0 aromatic carbocycles. The van der Waals surface area contributed by atoms with Crippen molar-refractivity contribution in [2.75, 3.05) is 66.2 Å². The first kappa shape index (κ1) is 24.1. The molecule has 1 saturated heterocycles. The molecule has 1 aliphatic rings. The fourth-order valence-electron chi connectivity index (χ4n) is 2.80. The van der Waals surface area contributed by atoms with Crippen LogP contribution >= 0.6 is 24.0 Å². The second kappa shape index (κ2) is 15.1. The molecule has 1 fully saturated rings. The van der Waals surface area contributed by atoms with Gasteiger partial charge in [-0.2, -0.15) is 0 Å².